The monoisotopic (exact) mass is 235 g/mol. The van der Waals surface area contributed by atoms with Gasteiger partial charge in [0.25, 0.3) is 0 Å². The molecular weight excluding hydrogens is 214 g/mol. The first-order valence-corrected chi connectivity index (χ1v) is 6.06. The van der Waals surface area contributed by atoms with Crippen molar-refractivity contribution in [1.82, 2.24) is 5.32 Å². The summed E-state index contributed by atoms with van der Waals surface area (Å²) < 4.78 is 10.8. The average molecular weight is 235 g/mol. The minimum Gasteiger partial charge on any atom is -0.497 e. The molecule has 0 amide bonds. The molecule has 2 rings (SSSR count). The third kappa shape index (κ3) is 2.25. The van der Waals surface area contributed by atoms with Crippen LogP contribution < -0.4 is 5.32 Å². The summed E-state index contributed by atoms with van der Waals surface area (Å²) in [4.78, 5) is 0. The van der Waals surface area contributed by atoms with Gasteiger partial charge in [-0.3, -0.25) is 0 Å². The van der Waals surface area contributed by atoms with Gasteiger partial charge in [-0.1, -0.05) is 6.08 Å². The summed E-state index contributed by atoms with van der Waals surface area (Å²) in [5.74, 6) is 1.75. The molecule has 1 N–H and O–H groups in total. The van der Waals surface area contributed by atoms with Gasteiger partial charge in [-0.05, 0) is 44.0 Å². The molecule has 0 aromatic heterocycles. The van der Waals surface area contributed by atoms with E-state index in [9.17, 15) is 0 Å². The van der Waals surface area contributed by atoms with Gasteiger partial charge in [0.2, 0.25) is 0 Å². The van der Waals surface area contributed by atoms with Crippen molar-refractivity contribution in [3.05, 3.63) is 34.8 Å². The highest BCUT2D eigenvalue weighted by Gasteiger charge is 2.30. The fourth-order valence-electron chi connectivity index (χ4n) is 2.57. The number of nitrogens with one attached hydrogen (secondary N) is 1. The predicted molar refractivity (Wildman–Crippen MR) is 68.5 cm³/mol. The number of piperidine rings is 1. The number of methoxy groups -OCH3 is 2. The van der Waals surface area contributed by atoms with Crippen LogP contribution in [0.25, 0.3) is 0 Å². The van der Waals surface area contributed by atoms with E-state index >= 15 is 0 Å². The van der Waals surface area contributed by atoms with Crippen LogP contribution >= 0.6 is 0 Å². The second kappa shape index (κ2) is 4.57. The predicted octanol–water partition coefficient (Wildman–Crippen LogP) is 2.52. The Morgan fingerprint density at radius 1 is 1.24 bits per heavy atom. The second-order valence-electron chi connectivity index (χ2n) is 4.99. The second-order valence-corrected chi connectivity index (χ2v) is 4.99. The molecule has 0 spiro atoms. The zero-order valence-electron chi connectivity index (χ0n) is 11.1. The molecule has 17 heavy (non-hydrogen) atoms. The lowest BCUT2D eigenvalue weighted by atomic mass is 9.82. The Kier molecular flexibility index (Phi) is 3.29. The molecule has 0 unspecified atom stereocenters. The Morgan fingerprint density at radius 2 is 2.00 bits per heavy atom. The normalized spacial score (nSPS) is 23.3. The van der Waals surface area contributed by atoms with Crippen LogP contribution in [0.2, 0.25) is 0 Å². The standard InChI is InChI=1S/C14H21NO2/c1-14(2)11-5-6-12(16-3)13(17-4)9-10(11)7-8-15-14/h5,9,15H,6-8H2,1-4H3. The number of allylic oxidation sites excluding steroid dienone is 2. The van der Waals surface area contributed by atoms with Crippen molar-refractivity contribution in [2.75, 3.05) is 20.8 Å². The maximum atomic E-state index is 5.42. The summed E-state index contributed by atoms with van der Waals surface area (Å²) in [6, 6.07) is 0. The van der Waals surface area contributed by atoms with E-state index in [1.54, 1.807) is 14.2 Å². The van der Waals surface area contributed by atoms with Gasteiger partial charge in [0.05, 0.1) is 14.2 Å². The molecule has 0 saturated carbocycles. The lowest BCUT2D eigenvalue weighted by molar-refractivity contribution is 0.227. The molecule has 1 fully saturated rings. The van der Waals surface area contributed by atoms with Crippen LogP contribution in [0.5, 0.6) is 0 Å². The van der Waals surface area contributed by atoms with Crippen molar-refractivity contribution in [1.29, 1.82) is 0 Å². The third-order valence-corrected chi connectivity index (χ3v) is 3.52. The molecule has 0 aromatic rings. The van der Waals surface area contributed by atoms with Crippen LogP contribution in [-0.4, -0.2) is 26.3 Å². The van der Waals surface area contributed by atoms with Crippen molar-refractivity contribution in [2.24, 2.45) is 0 Å². The topological polar surface area (TPSA) is 30.5 Å². The van der Waals surface area contributed by atoms with Gasteiger partial charge in [0.1, 0.15) is 5.76 Å². The molecule has 1 heterocycles. The van der Waals surface area contributed by atoms with Crippen molar-refractivity contribution >= 4 is 0 Å². The minimum absolute atomic E-state index is 0.0339. The van der Waals surface area contributed by atoms with Gasteiger partial charge in [-0.15, -0.1) is 0 Å². The molecule has 1 saturated heterocycles. The molecule has 1 aliphatic carbocycles. The summed E-state index contributed by atoms with van der Waals surface area (Å²) >= 11 is 0. The largest absolute Gasteiger partial charge is 0.497 e. The summed E-state index contributed by atoms with van der Waals surface area (Å²) in [6.07, 6.45) is 6.21. The molecule has 2 aliphatic rings. The van der Waals surface area contributed by atoms with E-state index in [2.05, 4.69) is 31.3 Å². The van der Waals surface area contributed by atoms with Crippen LogP contribution in [0.15, 0.2) is 34.8 Å². The average Bonchev–Trinajstić information content (AvgIpc) is 2.48. The van der Waals surface area contributed by atoms with Gasteiger partial charge in [0, 0.05) is 12.0 Å². The van der Waals surface area contributed by atoms with Gasteiger partial charge >= 0.3 is 0 Å². The highest BCUT2D eigenvalue weighted by Crippen LogP contribution is 2.34. The molecular formula is C14H21NO2. The summed E-state index contributed by atoms with van der Waals surface area (Å²) in [7, 11) is 3.40. The Hall–Kier alpha value is -1.22. The summed E-state index contributed by atoms with van der Waals surface area (Å²) in [6.45, 7) is 5.45. The van der Waals surface area contributed by atoms with E-state index in [0.717, 1.165) is 30.9 Å². The summed E-state index contributed by atoms with van der Waals surface area (Å²) in [5.41, 5.74) is 2.76. The summed E-state index contributed by atoms with van der Waals surface area (Å²) in [5, 5.41) is 3.54. The lowest BCUT2D eigenvalue weighted by Gasteiger charge is -2.36. The highest BCUT2D eigenvalue weighted by atomic mass is 16.5. The van der Waals surface area contributed by atoms with Gasteiger partial charge in [-0.2, -0.15) is 0 Å². The lowest BCUT2D eigenvalue weighted by Crippen LogP contribution is -2.46. The molecule has 0 aromatic carbocycles. The molecule has 0 radical (unpaired) electrons. The zero-order chi connectivity index (χ0) is 12.5. The number of ether oxygens (including phenoxy) is 2. The highest BCUT2D eigenvalue weighted by molar-refractivity contribution is 5.46. The first kappa shape index (κ1) is 12.2. The van der Waals surface area contributed by atoms with Crippen LogP contribution in [-0.2, 0) is 9.47 Å². The van der Waals surface area contributed by atoms with E-state index in [0.29, 0.717) is 0 Å². The molecule has 3 heteroatoms. The van der Waals surface area contributed by atoms with Gasteiger partial charge in [-0.25, -0.2) is 0 Å². The Morgan fingerprint density at radius 3 is 2.65 bits per heavy atom. The van der Waals surface area contributed by atoms with E-state index in [4.69, 9.17) is 9.47 Å². The number of rotatable bonds is 2. The smallest absolute Gasteiger partial charge is 0.157 e. The van der Waals surface area contributed by atoms with Crippen molar-refractivity contribution in [2.45, 2.75) is 32.2 Å². The Labute approximate surface area is 103 Å². The van der Waals surface area contributed by atoms with Crippen LogP contribution in [0, 0.1) is 0 Å². The fraction of sp³-hybridized carbons (Fsp3) is 0.571. The van der Waals surface area contributed by atoms with Crippen molar-refractivity contribution in [3.63, 3.8) is 0 Å². The quantitative estimate of drug-likeness (QED) is 0.797. The third-order valence-electron chi connectivity index (χ3n) is 3.52. The van der Waals surface area contributed by atoms with E-state index < -0.39 is 0 Å². The van der Waals surface area contributed by atoms with Gasteiger partial charge in [0.15, 0.2) is 5.76 Å². The first-order valence-electron chi connectivity index (χ1n) is 6.06. The first-order chi connectivity index (χ1) is 8.08. The number of hydrogen-bond acceptors (Lipinski definition) is 3. The van der Waals surface area contributed by atoms with Crippen molar-refractivity contribution in [3.8, 4) is 0 Å². The molecule has 0 atom stereocenters. The zero-order valence-corrected chi connectivity index (χ0v) is 11.1. The fourth-order valence-corrected chi connectivity index (χ4v) is 2.57. The SMILES string of the molecule is COC1=C(OC)CC=C2C(=C1)CCNC2(C)C. The Bertz CT molecular complexity index is 402. The maximum Gasteiger partial charge on any atom is 0.157 e. The van der Waals surface area contributed by atoms with Crippen LogP contribution in [0.3, 0.4) is 0 Å². The van der Waals surface area contributed by atoms with Gasteiger partial charge < -0.3 is 14.8 Å². The maximum absolute atomic E-state index is 5.42. The van der Waals surface area contributed by atoms with E-state index in [1.165, 1.54) is 11.1 Å². The minimum atomic E-state index is 0.0339. The molecule has 94 valence electrons. The molecule has 1 aliphatic heterocycles. The number of fused-ring (bicyclic) bond motifs is 1. The van der Waals surface area contributed by atoms with Crippen LogP contribution in [0.4, 0.5) is 0 Å². The molecule has 0 bridgehead atoms. The van der Waals surface area contributed by atoms with E-state index in [1.807, 2.05) is 0 Å². The van der Waals surface area contributed by atoms with Crippen LogP contribution in [0.1, 0.15) is 26.7 Å². The van der Waals surface area contributed by atoms with Crippen molar-refractivity contribution < 1.29 is 9.47 Å². The van der Waals surface area contributed by atoms with E-state index in [-0.39, 0.29) is 5.54 Å². The molecule has 3 nitrogen and oxygen atoms in total. The number of hydrogen-bond donors (Lipinski definition) is 1. The Balaban J connectivity index is 2.42.